The minimum atomic E-state index is -1.02. The molecule has 0 aromatic carbocycles. The summed E-state index contributed by atoms with van der Waals surface area (Å²) in [6.07, 6.45) is 4.05. The normalized spacial score (nSPS) is 12.8. The van der Waals surface area contributed by atoms with Gasteiger partial charge in [-0.2, -0.15) is 0 Å². The van der Waals surface area contributed by atoms with Crippen LogP contribution in [0, 0.1) is 0 Å². The number of nitrogens with zero attached hydrogens (tertiary/aromatic N) is 3. The highest BCUT2D eigenvalue weighted by Gasteiger charge is 2.13. The van der Waals surface area contributed by atoms with Crippen LogP contribution in [0.4, 0.5) is 0 Å². The number of aliphatic hydroxyl groups is 1. The number of methoxy groups -OCH3 is 1. The van der Waals surface area contributed by atoms with Crippen molar-refractivity contribution in [3.63, 3.8) is 0 Å². The highest BCUT2D eigenvalue weighted by atomic mass is 35.5. The SMILES string of the molecule is CO[C@@H](O)c1cnc2ccc(-c3cccnc3Cl)cn12. The molecule has 0 aliphatic carbocycles. The Balaban J connectivity index is 2.17. The Labute approximate surface area is 120 Å². The van der Waals surface area contributed by atoms with Crippen molar-refractivity contribution in [3.05, 3.63) is 53.7 Å². The number of ether oxygens (including phenoxy) is 1. The van der Waals surface area contributed by atoms with E-state index in [2.05, 4.69) is 9.97 Å². The molecule has 0 amide bonds. The summed E-state index contributed by atoms with van der Waals surface area (Å²) in [5, 5.41) is 10.2. The molecule has 0 radical (unpaired) electrons. The van der Waals surface area contributed by atoms with Crippen LogP contribution >= 0.6 is 11.6 Å². The second-order valence-corrected chi connectivity index (χ2v) is 4.62. The van der Waals surface area contributed by atoms with E-state index < -0.39 is 6.29 Å². The summed E-state index contributed by atoms with van der Waals surface area (Å²) in [7, 11) is 1.44. The molecule has 0 bridgehead atoms. The predicted octanol–water partition coefficient (Wildman–Crippen LogP) is 2.69. The molecule has 0 fully saturated rings. The predicted molar refractivity (Wildman–Crippen MR) is 75.4 cm³/mol. The second-order valence-electron chi connectivity index (χ2n) is 4.26. The Bertz CT molecular complexity index is 757. The summed E-state index contributed by atoms with van der Waals surface area (Å²) in [5.41, 5.74) is 2.99. The van der Waals surface area contributed by atoms with Gasteiger partial charge in [0.2, 0.25) is 0 Å². The Kier molecular flexibility index (Phi) is 3.40. The lowest BCUT2D eigenvalue weighted by Gasteiger charge is -2.09. The van der Waals surface area contributed by atoms with E-state index in [0.29, 0.717) is 10.8 Å². The number of hydrogen-bond acceptors (Lipinski definition) is 4. The fourth-order valence-corrected chi connectivity index (χ4v) is 2.29. The first-order valence-corrected chi connectivity index (χ1v) is 6.37. The Morgan fingerprint density at radius 3 is 2.90 bits per heavy atom. The molecular formula is C14H12ClN3O2. The molecule has 3 rings (SSSR count). The third-order valence-corrected chi connectivity index (χ3v) is 3.38. The highest BCUT2D eigenvalue weighted by molar-refractivity contribution is 6.32. The van der Waals surface area contributed by atoms with Gasteiger partial charge in [-0.25, -0.2) is 9.97 Å². The number of aliphatic hydroxyl groups excluding tert-OH is 1. The van der Waals surface area contributed by atoms with Crippen molar-refractivity contribution in [3.8, 4) is 11.1 Å². The van der Waals surface area contributed by atoms with Crippen molar-refractivity contribution in [2.75, 3.05) is 7.11 Å². The maximum atomic E-state index is 9.81. The van der Waals surface area contributed by atoms with E-state index >= 15 is 0 Å². The summed E-state index contributed by atoms with van der Waals surface area (Å²) in [6, 6.07) is 7.48. The molecule has 1 atom stereocenters. The third-order valence-electron chi connectivity index (χ3n) is 3.08. The van der Waals surface area contributed by atoms with E-state index in [-0.39, 0.29) is 0 Å². The van der Waals surface area contributed by atoms with Gasteiger partial charge in [-0.3, -0.25) is 4.40 Å². The molecule has 0 spiro atoms. The van der Waals surface area contributed by atoms with Crippen LogP contribution in [0.5, 0.6) is 0 Å². The minimum absolute atomic E-state index is 0.431. The molecule has 5 nitrogen and oxygen atoms in total. The lowest BCUT2D eigenvalue weighted by molar-refractivity contribution is -0.0803. The summed E-state index contributed by atoms with van der Waals surface area (Å²) >= 11 is 6.10. The molecule has 3 heterocycles. The zero-order valence-electron chi connectivity index (χ0n) is 10.7. The zero-order valence-corrected chi connectivity index (χ0v) is 11.4. The first-order chi connectivity index (χ1) is 9.70. The molecule has 0 unspecified atom stereocenters. The van der Waals surface area contributed by atoms with Gasteiger partial charge in [0.1, 0.15) is 10.8 Å². The van der Waals surface area contributed by atoms with Gasteiger partial charge in [0.25, 0.3) is 0 Å². The molecular weight excluding hydrogens is 278 g/mol. The quantitative estimate of drug-likeness (QED) is 0.595. The molecule has 0 saturated heterocycles. The molecule has 0 aliphatic heterocycles. The summed E-state index contributed by atoms with van der Waals surface area (Å²) in [5.74, 6) is 0. The van der Waals surface area contributed by atoms with Gasteiger partial charge >= 0.3 is 0 Å². The molecule has 20 heavy (non-hydrogen) atoms. The van der Waals surface area contributed by atoms with Gasteiger partial charge in [-0.15, -0.1) is 0 Å². The van der Waals surface area contributed by atoms with E-state index in [4.69, 9.17) is 16.3 Å². The van der Waals surface area contributed by atoms with E-state index in [9.17, 15) is 5.11 Å². The van der Waals surface area contributed by atoms with Crippen LogP contribution in [0.1, 0.15) is 12.0 Å². The monoisotopic (exact) mass is 289 g/mol. The van der Waals surface area contributed by atoms with Crippen molar-refractivity contribution in [2.45, 2.75) is 6.29 Å². The first kappa shape index (κ1) is 13.1. The molecule has 0 aliphatic rings. The van der Waals surface area contributed by atoms with Crippen LogP contribution < -0.4 is 0 Å². The number of imidazole rings is 1. The van der Waals surface area contributed by atoms with Crippen LogP contribution in [-0.2, 0) is 4.74 Å². The molecule has 0 saturated carbocycles. The van der Waals surface area contributed by atoms with Crippen molar-refractivity contribution < 1.29 is 9.84 Å². The van der Waals surface area contributed by atoms with Crippen molar-refractivity contribution in [1.82, 2.24) is 14.4 Å². The average Bonchev–Trinajstić information content (AvgIpc) is 2.90. The van der Waals surface area contributed by atoms with E-state index in [1.807, 2.05) is 30.5 Å². The average molecular weight is 290 g/mol. The number of fused-ring (bicyclic) bond motifs is 1. The number of rotatable bonds is 3. The molecule has 6 heteroatoms. The Hall–Kier alpha value is -1.95. The Morgan fingerprint density at radius 1 is 1.30 bits per heavy atom. The second kappa shape index (κ2) is 5.20. The fourth-order valence-electron chi connectivity index (χ4n) is 2.06. The largest absolute Gasteiger partial charge is 0.363 e. The van der Waals surface area contributed by atoms with E-state index in [0.717, 1.165) is 16.8 Å². The van der Waals surface area contributed by atoms with Gasteiger partial charge in [-0.1, -0.05) is 11.6 Å². The zero-order chi connectivity index (χ0) is 14.1. The Morgan fingerprint density at radius 2 is 2.15 bits per heavy atom. The van der Waals surface area contributed by atoms with Crippen LogP contribution in [0.3, 0.4) is 0 Å². The van der Waals surface area contributed by atoms with Crippen molar-refractivity contribution in [1.29, 1.82) is 0 Å². The summed E-state index contributed by atoms with van der Waals surface area (Å²) < 4.78 is 6.70. The van der Waals surface area contributed by atoms with Crippen molar-refractivity contribution >= 4 is 17.2 Å². The smallest absolute Gasteiger partial charge is 0.198 e. The number of halogens is 1. The molecule has 3 aromatic rings. The lowest BCUT2D eigenvalue weighted by atomic mass is 10.1. The standard InChI is InChI=1S/C14H12ClN3O2/c1-20-14(19)11-7-17-12-5-4-9(8-18(11)12)10-3-2-6-16-13(10)15/h2-8,14,19H,1H3/t14-/m1/s1. The molecule has 1 N–H and O–H groups in total. The number of pyridine rings is 2. The summed E-state index contributed by atoms with van der Waals surface area (Å²) in [4.78, 5) is 8.28. The number of aromatic nitrogens is 3. The lowest BCUT2D eigenvalue weighted by Crippen LogP contribution is -2.03. The van der Waals surface area contributed by atoms with Crippen molar-refractivity contribution in [2.24, 2.45) is 0 Å². The minimum Gasteiger partial charge on any atom is -0.363 e. The topological polar surface area (TPSA) is 59.7 Å². The van der Waals surface area contributed by atoms with Crippen LogP contribution in [0.15, 0.2) is 42.9 Å². The van der Waals surface area contributed by atoms with Gasteiger partial charge in [0.05, 0.1) is 11.9 Å². The maximum Gasteiger partial charge on any atom is 0.198 e. The van der Waals surface area contributed by atoms with Gasteiger partial charge in [0.15, 0.2) is 6.29 Å². The molecule has 3 aromatic heterocycles. The van der Waals surface area contributed by atoms with Gasteiger partial charge in [-0.05, 0) is 24.3 Å². The van der Waals surface area contributed by atoms with Crippen LogP contribution in [-0.4, -0.2) is 26.6 Å². The third kappa shape index (κ3) is 2.16. The van der Waals surface area contributed by atoms with E-state index in [1.165, 1.54) is 7.11 Å². The van der Waals surface area contributed by atoms with Crippen LogP contribution in [0.25, 0.3) is 16.8 Å². The first-order valence-electron chi connectivity index (χ1n) is 5.99. The molecule has 102 valence electrons. The van der Waals surface area contributed by atoms with Gasteiger partial charge in [0, 0.05) is 30.6 Å². The number of hydrogen-bond donors (Lipinski definition) is 1. The maximum absolute atomic E-state index is 9.81. The van der Waals surface area contributed by atoms with Crippen LogP contribution in [0.2, 0.25) is 5.15 Å². The summed E-state index contributed by atoms with van der Waals surface area (Å²) in [6.45, 7) is 0. The van der Waals surface area contributed by atoms with E-state index in [1.54, 1.807) is 16.8 Å². The fraction of sp³-hybridized carbons (Fsp3) is 0.143. The highest BCUT2D eigenvalue weighted by Crippen LogP contribution is 2.27. The van der Waals surface area contributed by atoms with Gasteiger partial charge < -0.3 is 9.84 Å².